The lowest BCUT2D eigenvalue weighted by atomic mass is 9.88. The summed E-state index contributed by atoms with van der Waals surface area (Å²) in [6.45, 7) is 0. The van der Waals surface area contributed by atoms with E-state index in [1.165, 1.54) is 5.56 Å². The van der Waals surface area contributed by atoms with E-state index in [0.717, 1.165) is 24.8 Å². The summed E-state index contributed by atoms with van der Waals surface area (Å²) in [4.78, 5) is 0.261. The van der Waals surface area contributed by atoms with Crippen LogP contribution < -0.4 is 9.46 Å². The Morgan fingerprint density at radius 2 is 1.82 bits per heavy atom. The van der Waals surface area contributed by atoms with Gasteiger partial charge in [-0.1, -0.05) is 24.3 Å². The van der Waals surface area contributed by atoms with Gasteiger partial charge in [0, 0.05) is 6.04 Å². The molecule has 22 heavy (non-hydrogen) atoms. The summed E-state index contributed by atoms with van der Waals surface area (Å²) in [5, 5.41) is 0. The fraction of sp³-hybridized carbons (Fsp3) is 0.294. The zero-order valence-electron chi connectivity index (χ0n) is 12.5. The van der Waals surface area contributed by atoms with Crippen LogP contribution in [-0.4, -0.2) is 15.5 Å². The average molecular weight is 317 g/mol. The minimum Gasteiger partial charge on any atom is -0.497 e. The second-order valence-electron chi connectivity index (χ2n) is 5.44. The molecule has 2 aromatic carbocycles. The molecule has 0 aromatic heterocycles. The summed E-state index contributed by atoms with van der Waals surface area (Å²) in [5.74, 6) is 0.641. The van der Waals surface area contributed by atoms with Gasteiger partial charge >= 0.3 is 0 Å². The molecule has 1 aliphatic carbocycles. The van der Waals surface area contributed by atoms with E-state index in [4.69, 9.17) is 4.74 Å². The van der Waals surface area contributed by atoms with Gasteiger partial charge in [0.25, 0.3) is 0 Å². The van der Waals surface area contributed by atoms with Crippen molar-refractivity contribution >= 4 is 10.0 Å². The molecule has 0 saturated carbocycles. The van der Waals surface area contributed by atoms with Crippen molar-refractivity contribution in [3.8, 4) is 5.75 Å². The second kappa shape index (κ2) is 6.10. The zero-order valence-corrected chi connectivity index (χ0v) is 13.3. The first-order valence-corrected chi connectivity index (χ1v) is 8.82. The first-order valence-electron chi connectivity index (χ1n) is 7.34. The smallest absolute Gasteiger partial charge is 0.241 e. The maximum atomic E-state index is 12.6. The molecular weight excluding hydrogens is 298 g/mol. The van der Waals surface area contributed by atoms with Crippen molar-refractivity contribution in [3.63, 3.8) is 0 Å². The number of rotatable bonds is 4. The van der Waals surface area contributed by atoms with Crippen LogP contribution in [-0.2, 0) is 16.4 Å². The maximum absolute atomic E-state index is 12.6. The highest BCUT2D eigenvalue weighted by atomic mass is 32.2. The van der Waals surface area contributed by atoms with E-state index < -0.39 is 10.0 Å². The zero-order chi connectivity index (χ0) is 15.6. The van der Waals surface area contributed by atoms with Gasteiger partial charge in [-0.15, -0.1) is 0 Å². The third-order valence-corrected chi connectivity index (χ3v) is 5.52. The largest absolute Gasteiger partial charge is 0.497 e. The minimum absolute atomic E-state index is 0.156. The van der Waals surface area contributed by atoms with Gasteiger partial charge < -0.3 is 4.74 Å². The molecule has 0 saturated heterocycles. The third kappa shape index (κ3) is 3.00. The molecule has 0 radical (unpaired) electrons. The molecule has 1 aliphatic rings. The lowest BCUT2D eigenvalue weighted by Crippen LogP contribution is -2.31. The maximum Gasteiger partial charge on any atom is 0.241 e. The SMILES string of the molecule is COc1ccc(S(=O)(=O)N[C@H]2CCCc3ccccc32)cc1. The van der Waals surface area contributed by atoms with Gasteiger partial charge in [-0.25, -0.2) is 13.1 Å². The van der Waals surface area contributed by atoms with Crippen molar-refractivity contribution in [2.45, 2.75) is 30.2 Å². The van der Waals surface area contributed by atoms with Crippen LogP contribution in [0.25, 0.3) is 0 Å². The minimum atomic E-state index is -3.53. The molecule has 0 amide bonds. The Labute approximate surface area is 131 Å². The number of benzene rings is 2. The number of sulfonamides is 1. The number of ether oxygens (including phenoxy) is 1. The third-order valence-electron chi connectivity index (χ3n) is 4.04. The molecule has 0 spiro atoms. The Hall–Kier alpha value is -1.85. The average Bonchev–Trinajstić information content (AvgIpc) is 2.55. The standard InChI is InChI=1S/C17H19NO3S/c1-21-14-9-11-15(12-10-14)22(19,20)18-17-8-4-6-13-5-2-3-7-16(13)17/h2-3,5,7,9-12,17-18H,4,6,8H2,1H3/t17-/m0/s1. The molecule has 0 aliphatic heterocycles. The highest BCUT2D eigenvalue weighted by molar-refractivity contribution is 7.89. The molecule has 0 unspecified atom stereocenters. The topological polar surface area (TPSA) is 55.4 Å². The summed E-state index contributed by atoms with van der Waals surface area (Å²) in [6, 6.07) is 14.3. The molecule has 4 nitrogen and oxygen atoms in total. The molecular formula is C17H19NO3S. The summed E-state index contributed by atoms with van der Waals surface area (Å²) < 4.78 is 33.0. The fourth-order valence-corrected chi connectivity index (χ4v) is 4.14. The van der Waals surface area contributed by atoms with Crippen molar-refractivity contribution in [1.29, 1.82) is 0 Å². The number of methoxy groups -OCH3 is 1. The normalized spacial score (nSPS) is 17.8. The van der Waals surface area contributed by atoms with Gasteiger partial charge in [-0.3, -0.25) is 0 Å². The Morgan fingerprint density at radius 1 is 1.09 bits per heavy atom. The van der Waals surface area contributed by atoms with Crippen LogP contribution in [0.1, 0.15) is 30.0 Å². The van der Waals surface area contributed by atoms with E-state index in [-0.39, 0.29) is 10.9 Å². The molecule has 0 heterocycles. The van der Waals surface area contributed by atoms with Crippen LogP contribution in [0.4, 0.5) is 0 Å². The molecule has 5 heteroatoms. The molecule has 0 bridgehead atoms. The van der Waals surface area contributed by atoms with Crippen molar-refractivity contribution < 1.29 is 13.2 Å². The molecule has 1 N–H and O–H groups in total. The van der Waals surface area contributed by atoms with Gasteiger partial charge in [0.2, 0.25) is 10.0 Å². The molecule has 0 fully saturated rings. The van der Waals surface area contributed by atoms with Crippen molar-refractivity contribution in [3.05, 3.63) is 59.7 Å². The summed E-state index contributed by atoms with van der Waals surface area (Å²) >= 11 is 0. The number of hydrogen-bond acceptors (Lipinski definition) is 3. The lowest BCUT2D eigenvalue weighted by Gasteiger charge is -2.26. The van der Waals surface area contributed by atoms with Crippen LogP contribution in [0.2, 0.25) is 0 Å². The Kier molecular flexibility index (Phi) is 4.18. The molecule has 116 valence electrons. The highest BCUT2D eigenvalue weighted by Gasteiger charge is 2.25. The Bertz CT molecular complexity index is 754. The lowest BCUT2D eigenvalue weighted by molar-refractivity contribution is 0.414. The van der Waals surface area contributed by atoms with E-state index in [0.29, 0.717) is 5.75 Å². The summed E-state index contributed by atoms with van der Waals surface area (Å²) in [6.07, 6.45) is 2.83. The summed E-state index contributed by atoms with van der Waals surface area (Å²) in [7, 11) is -1.98. The predicted molar refractivity (Wildman–Crippen MR) is 85.4 cm³/mol. The fourth-order valence-electron chi connectivity index (χ4n) is 2.89. The first kappa shape index (κ1) is 15.1. The van der Waals surface area contributed by atoms with E-state index in [1.54, 1.807) is 31.4 Å². The Morgan fingerprint density at radius 3 is 2.55 bits per heavy atom. The van der Waals surface area contributed by atoms with E-state index in [9.17, 15) is 8.42 Å². The van der Waals surface area contributed by atoms with E-state index in [2.05, 4.69) is 10.8 Å². The van der Waals surface area contributed by atoms with Gasteiger partial charge in [0.15, 0.2) is 0 Å². The second-order valence-corrected chi connectivity index (χ2v) is 7.15. The number of nitrogens with one attached hydrogen (secondary N) is 1. The van der Waals surface area contributed by atoms with Crippen LogP contribution in [0, 0.1) is 0 Å². The molecule has 2 aromatic rings. The van der Waals surface area contributed by atoms with Crippen molar-refractivity contribution in [2.24, 2.45) is 0 Å². The van der Waals surface area contributed by atoms with Gasteiger partial charge in [0.1, 0.15) is 5.75 Å². The summed E-state index contributed by atoms with van der Waals surface area (Å²) in [5.41, 5.74) is 2.32. The molecule has 1 atom stereocenters. The van der Waals surface area contributed by atoms with Crippen LogP contribution >= 0.6 is 0 Å². The van der Waals surface area contributed by atoms with Gasteiger partial charge in [0.05, 0.1) is 12.0 Å². The molecule has 3 rings (SSSR count). The number of aryl methyl sites for hydroxylation is 1. The number of hydrogen-bond donors (Lipinski definition) is 1. The first-order chi connectivity index (χ1) is 10.6. The highest BCUT2D eigenvalue weighted by Crippen LogP contribution is 2.30. The number of fused-ring (bicyclic) bond motifs is 1. The van der Waals surface area contributed by atoms with Crippen LogP contribution in [0.3, 0.4) is 0 Å². The van der Waals surface area contributed by atoms with Crippen LogP contribution in [0.5, 0.6) is 5.75 Å². The van der Waals surface area contributed by atoms with Crippen LogP contribution in [0.15, 0.2) is 53.4 Å². The monoisotopic (exact) mass is 317 g/mol. The van der Waals surface area contributed by atoms with Crippen molar-refractivity contribution in [1.82, 2.24) is 4.72 Å². The predicted octanol–water partition coefficient (Wildman–Crippen LogP) is 3.05. The van der Waals surface area contributed by atoms with Gasteiger partial charge in [-0.05, 0) is 54.7 Å². The quantitative estimate of drug-likeness (QED) is 0.943. The van der Waals surface area contributed by atoms with E-state index >= 15 is 0 Å². The van der Waals surface area contributed by atoms with E-state index in [1.807, 2.05) is 18.2 Å². The van der Waals surface area contributed by atoms with Gasteiger partial charge in [-0.2, -0.15) is 0 Å². The van der Waals surface area contributed by atoms with Crippen molar-refractivity contribution in [2.75, 3.05) is 7.11 Å². The Balaban J connectivity index is 1.86.